The minimum Gasteiger partial charge on any atom is -0.307 e. The first-order valence-electron chi connectivity index (χ1n) is 6.20. The molecule has 0 amide bonds. The van der Waals surface area contributed by atoms with Gasteiger partial charge in [-0.2, -0.15) is 0 Å². The molecule has 88 valence electrons. The quantitative estimate of drug-likeness (QED) is 0.825. The normalized spacial score (nSPS) is 15.8. The molecule has 0 unspecified atom stereocenters. The lowest BCUT2D eigenvalue weighted by atomic mass is 10.1. The molecule has 1 aliphatic carbocycles. The third-order valence-corrected chi connectivity index (χ3v) is 2.70. The van der Waals surface area contributed by atoms with Crippen LogP contribution >= 0.6 is 0 Å². The number of nitrogens with one attached hydrogen (secondary N) is 1. The van der Waals surface area contributed by atoms with Gasteiger partial charge >= 0.3 is 0 Å². The number of rotatable bonds is 5. The summed E-state index contributed by atoms with van der Waals surface area (Å²) in [5.41, 5.74) is 2.26. The van der Waals surface area contributed by atoms with Gasteiger partial charge in [-0.3, -0.25) is 0 Å². The van der Waals surface area contributed by atoms with Crippen LogP contribution in [0.3, 0.4) is 0 Å². The lowest BCUT2D eigenvalue weighted by molar-refractivity contribution is 0.614. The van der Waals surface area contributed by atoms with Crippen LogP contribution in [0, 0.1) is 12.8 Å². The van der Waals surface area contributed by atoms with Gasteiger partial charge in [-0.1, -0.05) is 13.8 Å². The second-order valence-electron chi connectivity index (χ2n) is 5.17. The number of aromatic nitrogens is 2. The third-order valence-electron chi connectivity index (χ3n) is 2.70. The van der Waals surface area contributed by atoms with Crippen LogP contribution in [0.4, 0.5) is 0 Å². The predicted molar refractivity (Wildman–Crippen MR) is 65.2 cm³/mol. The van der Waals surface area contributed by atoms with E-state index in [1.807, 2.05) is 6.92 Å². The number of hydrogen-bond acceptors (Lipinski definition) is 3. The molecule has 0 saturated heterocycles. The molecule has 0 radical (unpaired) electrons. The first-order valence-corrected chi connectivity index (χ1v) is 6.20. The zero-order chi connectivity index (χ0) is 11.5. The highest BCUT2D eigenvalue weighted by atomic mass is 15.0. The van der Waals surface area contributed by atoms with E-state index in [0.717, 1.165) is 30.5 Å². The molecule has 0 spiro atoms. The monoisotopic (exact) mass is 219 g/mol. The Balaban J connectivity index is 2.01. The molecule has 3 nitrogen and oxygen atoms in total. The molecule has 1 heterocycles. The van der Waals surface area contributed by atoms with Crippen molar-refractivity contribution in [3.8, 4) is 0 Å². The van der Waals surface area contributed by atoms with Crippen molar-refractivity contribution in [2.45, 2.75) is 52.6 Å². The van der Waals surface area contributed by atoms with E-state index in [1.165, 1.54) is 18.5 Å². The molecule has 0 atom stereocenters. The van der Waals surface area contributed by atoms with E-state index in [2.05, 4.69) is 35.2 Å². The highest BCUT2D eigenvalue weighted by Crippen LogP contribution is 2.19. The van der Waals surface area contributed by atoms with Crippen molar-refractivity contribution in [3.05, 3.63) is 23.3 Å². The zero-order valence-corrected chi connectivity index (χ0v) is 10.5. The minimum atomic E-state index is 0.651. The van der Waals surface area contributed by atoms with E-state index >= 15 is 0 Å². The fourth-order valence-electron chi connectivity index (χ4n) is 1.82. The molecular weight excluding hydrogens is 198 g/mol. The average Bonchev–Trinajstić information content (AvgIpc) is 2.95. The van der Waals surface area contributed by atoms with E-state index in [0.29, 0.717) is 5.92 Å². The van der Waals surface area contributed by atoms with Crippen LogP contribution in [0.25, 0.3) is 0 Å². The first kappa shape index (κ1) is 11.5. The summed E-state index contributed by atoms with van der Waals surface area (Å²) in [7, 11) is 0. The molecule has 1 aliphatic rings. The van der Waals surface area contributed by atoms with Crippen molar-refractivity contribution in [2.24, 2.45) is 5.92 Å². The minimum absolute atomic E-state index is 0.651. The van der Waals surface area contributed by atoms with E-state index in [9.17, 15) is 0 Å². The van der Waals surface area contributed by atoms with Crippen LogP contribution in [0.2, 0.25) is 0 Å². The van der Waals surface area contributed by atoms with Gasteiger partial charge in [-0.25, -0.2) is 9.97 Å². The van der Waals surface area contributed by atoms with Gasteiger partial charge in [0.05, 0.1) is 6.54 Å². The predicted octanol–water partition coefficient (Wildman–Crippen LogP) is 2.24. The molecule has 2 rings (SSSR count). The summed E-state index contributed by atoms with van der Waals surface area (Å²) in [6, 6.07) is 2.82. The van der Waals surface area contributed by atoms with E-state index < -0.39 is 0 Å². The lowest BCUT2D eigenvalue weighted by Gasteiger charge is -2.08. The van der Waals surface area contributed by atoms with Crippen molar-refractivity contribution in [2.75, 3.05) is 0 Å². The van der Waals surface area contributed by atoms with Crippen LogP contribution in [-0.2, 0) is 13.0 Å². The van der Waals surface area contributed by atoms with E-state index in [1.54, 1.807) is 0 Å². The molecule has 3 heteroatoms. The molecular formula is C13H21N3. The van der Waals surface area contributed by atoms with Crippen LogP contribution in [0.5, 0.6) is 0 Å². The fourth-order valence-corrected chi connectivity index (χ4v) is 1.82. The second kappa shape index (κ2) is 4.91. The summed E-state index contributed by atoms with van der Waals surface area (Å²) >= 11 is 0. The van der Waals surface area contributed by atoms with Crippen molar-refractivity contribution in [1.82, 2.24) is 15.3 Å². The maximum absolute atomic E-state index is 4.60. The SMILES string of the molecule is Cc1cc(CC(C)C)nc(CNC2CC2)n1. The van der Waals surface area contributed by atoms with Gasteiger partial charge in [-0.05, 0) is 38.2 Å². The molecule has 1 fully saturated rings. The molecule has 0 aliphatic heterocycles. The van der Waals surface area contributed by atoms with Crippen LogP contribution in [-0.4, -0.2) is 16.0 Å². The summed E-state index contributed by atoms with van der Waals surface area (Å²) in [4.78, 5) is 9.07. The van der Waals surface area contributed by atoms with E-state index in [-0.39, 0.29) is 0 Å². The van der Waals surface area contributed by atoms with Crippen molar-refractivity contribution in [1.29, 1.82) is 0 Å². The largest absolute Gasteiger partial charge is 0.307 e. The van der Waals surface area contributed by atoms with Gasteiger partial charge in [0.1, 0.15) is 5.82 Å². The molecule has 1 aromatic heterocycles. The van der Waals surface area contributed by atoms with Crippen LogP contribution in [0.1, 0.15) is 43.9 Å². The Morgan fingerprint density at radius 1 is 1.38 bits per heavy atom. The summed E-state index contributed by atoms with van der Waals surface area (Å²) in [6.45, 7) is 7.31. The number of aryl methyl sites for hydroxylation is 1. The smallest absolute Gasteiger partial charge is 0.142 e. The summed E-state index contributed by atoms with van der Waals surface area (Å²) < 4.78 is 0. The maximum Gasteiger partial charge on any atom is 0.142 e. The molecule has 1 N–H and O–H groups in total. The fraction of sp³-hybridized carbons (Fsp3) is 0.692. The molecule has 16 heavy (non-hydrogen) atoms. The Morgan fingerprint density at radius 2 is 2.12 bits per heavy atom. The van der Waals surface area contributed by atoms with Gasteiger partial charge in [0.25, 0.3) is 0 Å². The Morgan fingerprint density at radius 3 is 2.75 bits per heavy atom. The Labute approximate surface area is 97.7 Å². The maximum atomic E-state index is 4.60. The summed E-state index contributed by atoms with van der Waals surface area (Å²) in [5, 5.41) is 3.46. The Bertz CT molecular complexity index is 356. The summed E-state index contributed by atoms with van der Waals surface area (Å²) in [5.74, 6) is 1.60. The third kappa shape index (κ3) is 3.56. The average molecular weight is 219 g/mol. The topological polar surface area (TPSA) is 37.8 Å². The van der Waals surface area contributed by atoms with Crippen molar-refractivity contribution in [3.63, 3.8) is 0 Å². The van der Waals surface area contributed by atoms with Gasteiger partial charge in [-0.15, -0.1) is 0 Å². The molecule has 0 bridgehead atoms. The van der Waals surface area contributed by atoms with E-state index in [4.69, 9.17) is 0 Å². The van der Waals surface area contributed by atoms with Gasteiger partial charge in [0.2, 0.25) is 0 Å². The number of hydrogen-bond donors (Lipinski definition) is 1. The molecule has 1 aromatic rings. The van der Waals surface area contributed by atoms with Crippen molar-refractivity contribution >= 4 is 0 Å². The highest BCUT2D eigenvalue weighted by Gasteiger charge is 2.20. The first-order chi connectivity index (χ1) is 7.63. The lowest BCUT2D eigenvalue weighted by Crippen LogP contribution is -2.18. The van der Waals surface area contributed by atoms with Gasteiger partial charge in [0, 0.05) is 17.4 Å². The standard InChI is InChI=1S/C13H21N3/c1-9(2)6-12-7-10(3)15-13(16-12)8-14-11-4-5-11/h7,9,11,14H,4-6,8H2,1-3H3. The van der Waals surface area contributed by atoms with Gasteiger partial charge in [0.15, 0.2) is 0 Å². The number of nitrogens with zero attached hydrogens (tertiary/aromatic N) is 2. The Kier molecular flexibility index (Phi) is 3.54. The van der Waals surface area contributed by atoms with Crippen LogP contribution in [0.15, 0.2) is 6.07 Å². The summed E-state index contributed by atoms with van der Waals surface area (Å²) in [6.07, 6.45) is 3.66. The van der Waals surface area contributed by atoms with Gasteiger partial charge < -0.3 is 5.32 Å². The second-order valence-corrected chi connectivity index (χ2v) is 5.17. The van der Waals surface area contributed by atoms with Crippen LogP contribution < -0.4 is 5.32 Å². The zero-order valence-electron chi connectivity index (χ0n) is 10.5. The molecule has 0 aromatic carbocycles. The van der Waals surface area contributed by atoms with Crippen molar-refractivity contribution < 1.29 is 0 Å². The highest BCUT2D eigenvalue weighted by molar-refractivity contribution is 5.10. The Hall–Kier alpha value is -0.960. The molecule has 1 saturated carbocycles.